The SMILES string of the molecule is N#Cc1c(N)sc(N=Nc2ccc([N+](=O)[O-])cc2)c1-c1ccc(Cl)cc1. The van der Waals surface area contributed by atoms with Gasteiger partial charge in [-0.15, -0.1) is 10.2 Å². The second-order valence-corrected chi connectivity index (χ2v) is 6.58. The Morgan fingerprint density at radius 1 is 1.12 bits per heavy atom. The van der Waals surface area contributed by atoms with Gasteiger partial charge in [0.2, 0.25) is 0 Å². The van der Waals surface area contributed by atoms with Gasteiger partial charge in [-0.25, -0.2) is 0 Å². The smallest absolute Gasteiger partial charge is 0.269 e. The Hall–Kier alpha value is -3.28. The first kappa shape index (κ1) is 17.5. The monoisotopic (exact) mass is 383 g/mol. The van der Waals surface area contributed by atoms with Gasteiger partial charge in [0.1, 0.15) is 16.1 Å². The Labute approximate surface area is 157 Å². The first-order chi connectivity index (χ1) is 12.5. The van der Waals surface area contributed by atoms with Crippen molar-refractivity contribution in [2.24, 2.45) is 10.2 Å². The van der Waals surface area contributed by atoms with Gasteiger partial charge in [-0.3, -0.25) is 10.1 Å². The fourth-order valence-corrected chi connectivity index (χ4v) is 3.23. The summed E-state index contributed by atoms with van der Waals surface area (Å²) in [6.45, 7) is 0. The molecule has 0 unspecified atom stereocenters. The summed E-state index contributed by atoms with van der Waals surface area (Å²) in [6, 6.07) is 14.7. The van der Waals surface area contributed by atoms with E-state index in [0.29, 0.717) is 31.8 Å². The first-order valence-corrected chi connectivity index (χ1v) is 8.43. The van der Waals surface area contributed by atoms with Crippen LogP contribution in [0.4, 0.5) is 21.4 Å². The van der Waals surface area contributed by atoms with Crippen LogP contribution in [0.2, 0.25) is 5.02 Å². The summed E-state index contributed by atoms with van der Waals surface area (Å²) in [4.78, 5) is 10.2. The fraction of sp³-hybridized carbons (Fsp3) is 0. The molecule has 0 amide bonds. The standard InChI is InChI=1S/C17H10ClN5O2S/c18-11-3-1-10(2-4-11)15-14(9-19)16(20)26-17(15)22-21-12-5-7-13(8-6-12)23(24)25/h1-8H,20H2. The number of hydrogen-bond acceptors (Lipinski definition) is 7. The summed E-state index contributed by atoms with van der Waals surface area (Å²) in [5.41, 5.74) is 8.01. The Balaban J connectivity index is 2.01. The van der Waals surface area contributed by atoms with Crippen LogP contribution in [0.5, 0.6) is 0 Å². The first-order valence-electron chi connectivity index (χ1n) is 7.24. The lowest BCUT2D eigenvalue weighted by Gasteiger charge is -2.01. The molecule has 0 spiro atoms. The van der Waals surface area contributed by atoms with E-state index in [4.69, 9.17) is 17.3 Å². The van der Waals surface area contributed by atoms with Crippen LogP contribution < -0.4 is 5.73 Å². The third kappa shape index (κ3) is 3.54. The second kappa shape index (κ2) is 7.31. The maximum absolute atomic E-state index is 10.7. The molecule has 1 aromatic heterocycles. The number of anilines is 1. The van der Waals surface area contributed by atoms with Gasteiger partial charge in [0, 0.05) is 22.7 Å². The van der Waals surface area contributed by atoms with E-state index in [2.05, 4.69) is 16.3 Å². The summed E-state index contributed by atoms with van der Waals surface area (Å²) in [7, 11) is 0. The molecule has 26 heavy (non-hydrogen) atoms. The molecule has 0 radical (unpaired) electrons. The number of nitrogens with two attached hydrogens (primary N) is 1. The van der Waals surface area contributed by atoms with Crippen molar-refractivity contribution in [2.45, 2.75) is 0 Å². The van der Waals surface area contributed by atoms with Crippen molar-refractivity contribution in [1.29, 1.82) is 5.26 Å². The average molecular weight is 384 g/mol. The maximum atomic E-state index is 10.7. The van der Waals surface area contributed by atoms with Crippen molar-refractivity contribution >= 4 is 44.3 Å². The second-order valence-electron chi connectivity index (χ2n) is 5.11. The Morgan fingerprint density at radius 2 is 1.77 bits per heavy atom. The highest BCUT2D eigenvalue weighted by molar-refractivity contribution is 7.20. The number of halogens is 1. The van der Waals surface area contributed by atoms with Gasteiger partial charge in [0.15, 0.2) is 0 Å². The number of benzene rings is 2. The van der Waals surface area contributed by atoms with E-state index in [0.717, 1.165) is 16.9 Å². The Bertz CT molecular complexity index is 1040. The van der Waals surface area contributed by atoms with Gasteiger partial charge in [-0.05, 0) is 29.8 Å². The third-order valence-corrected chi connectivity index (χ3v) is 4.63. The van der Waals surface area contributed by atoms with Crippen molar-refractivity contribution in [3.05, 3.63) is 69.2 Å². The minimum atomic E-state index is -0.487. The lowest BCUT2D eigenvalue weighted by molar-refractivity contribution is -0.384. The van der Waals surface area contributed by atoms with Crippen LogP contribution in [-0.4, -0.2) is 4.92 Å². The van der Waals surface area contributed by atoms with Crippen molar-refractivity contribution in [3.63, 3.8) is 0 Å². The summed E-state index contributed by atoms with van der Waals surface area (Å²) in [6.07, 6.45) is 0. The summed E-state index contributed by atoms with van der Waals surface area (Å²) in [5.74, 6) is 0. The number of rotatable bonds is 4. The number of azo groups is 1. The van der Waals surface area contributed by atoms with Gasteiger partial charge in [-0.1, -0.05) is 35.1 Å². The molecule has 9 heteroatoms. The van der Waals surface area contributed by atoms with Crippen LogP contribution in [0.25, 0.3) is 11.1 Å². The number of nitro benzene ring substituents is 1. The van der Waals surface area contributed by atoms with Gasteiger partial charge < -0.3 is 5.73 Å². The highest BCUT2D eigenvalue weighted by Crippen LogP contribution is 2.44. The van der Waals surface area contributed by atoms with Crippen LogP contribution in [-0.2, 0) is 0 Å². The third-order valence-electron chi connectivity index (χ3n) is 3.48. The minimum Gasteiger partial charge on any atom is -0.389 e. The molecule has 0 bridgehead atoms. The molecule has 1 heterocycles. The number of nitro groups is 1. The molecule has 7 nitrogen and oxygen atoms in total. The van der Waals surface area contributed by atoms with Crippen molar-refractivity contribution in [2.75, 3.05) is 5.73 Å². The molecule has 2 aromatic carbocycles. The van der Waals surface area contributed by atoms with Crippen molar-refractivity contribution in [1.82, 2.24) is 0 Å². The largest absolute Gasteiger partial charge is 0.389 e. The summed E-state index contributed by atoms with van der Waals surface area (Å²) in [5, 5.41) is 29.8. The van der Waals surface area contributed by atoms with Crippen LogP contribution in [0.1, 0.15) is 5.56 Å². The van der Waals surface area contributed by atoms with E-state index in [-0.39, 0.29) is 5.69 Å². The molecule has 0 aliphatic rings. The van der Waals surface area contributed by atoms with Crippen LogP contribution in [0.3, 0.4) is 0 Å². The van der Waals surface area contributed by atoms with E-state index >= 15 is 0 Å². The van der Waals surface area contributed by atoms with Gasteiger partial charge in [0.25, 0.3) is 5.69 Å². The van der Waals surface area contributed by atoms with Crippen LogP contribution in [0, 0.1) is 21.4 Å². The van der Waals surface area contributed by atoms with E-state index in [1.165, 1.54) is 24.3 Å². The van der Waals surface area contributed by atoms with Gasteiger partial charge in [0.05, 0.1) is 16.2 Å². The predicted octanol–water partition coefficient (Wildman–Crippen LogP) is 5.85. The van der Waals surface area contributed by atoms with Gasteiger partial charge in [-0.2, -0.15) is 5.26 Å². The molecular weight excluding hydrogens is 374 g/mol. The van der Waals surface area contributed by atoms with Crippen LogP contribution >= 0.6 is 22.9 Å². The highest BCUT2D eigenvalue weighted by atomic mass is 35.5. The van der Waals surface area contributed by atoms with E-state index < -0.39 is 4.92 Å². The van der Waals surface area contributed by atoms with E-state index in [1.54, 1.807) is 24.3 Å². The summed E-state index contributed by atoms with van der Waals surface area (Å²) >= 11 is 7.06. The predicted molar refractivity (Wildman–Crippen MR) is 101 cm³/mol. The topological polar surface area (TPSA) is 118 Å². The summed E-state index contributed by atoms with van der Waals surface area (Å²) < 4.78 is 0. The fourth-order valence-electron chi connectivity index (χ4n) is 2.25. The molecule has 3 aromatic rings. The maximum Gasteiger partial charge on any atom is 0.269 e. The van der Waals surface area contributed by atoms with Crippen LogP contribution in [0.15, 0.2) is 58.8 Å². The molecule has 128 valence electrons. The average Bonchev–Trinajstić information content (AvgIpc) is 2.96. The zero-order valence-electron chi connectivity index (χ0n) is 13.1. The minimum absolute atomic E-state index is 0.0297. The highest BCUT2D eigenvalue weighted by Gasteiger charge is 2.18. The molecule has 3 rings (SSSR count). The molecule has 0 saturated carbocycles. The number of nitriles is 1. The number of nitrogens with zero attached hydrogens (tertiary/aromatic N) is 4. The van der Waals surface area contributed by atoms with E-state index in [1.807, 2.05) is 0 Å². The van der Waals surface area contributed by atoms with Gasteiger partial charge >= 0.3 is 0 Å². The molecule has 0 atom stereocenters. The molecule has 0 saturated heterocycles. The number of hydrogen-bond donors (Lipinski definition) is 1. The van der Waals surface area contributed by atoms with Crippen molar-refractivity contribution < 1.29 is 4.92 Å². The van der Waals surface area contributed by atoms with E-state index in [9.17, 15) is 15.4 Å². The normalized spacial score (nSPS) is 10.8. The lowest BCUT2D eigenvalue weighted by atomic mass is 10.0. The molecular formula is C17H10ClN5O2S. The Kier molecular flexibility index (Phi) is 4.93. The Morgan fingerprint density at radius 3 is 2.35 bits per heavy atom. The lowest BCUT2D eigenvalue weighted by Crippen LogP contribution is -1.85. The quantitative estimate of drug-likeness (QED) is 0.345. The zero-order valence-corrected chi connectivity index (χ0v) is 14.7. The number of non-ortho nitro benzene ring substituents is 1. The molecule has 0 fully saturated rings. The number of nitrogen functional groups attached to an aromatic ring is 1. The van der Waals surface area contributed by atoms with Crippen molar-refractivity contribution in [3.8, 4) is 17.2 Å². The molecule has 2 N–H and O–H groups in total. The molecule has 0 aliphatic heterocycles. The zero-order chi connectivity index (χ0) is 18.7. The number of thiophene rings is 1. The molecule has 0 aliphatic carbocycles.